The van der Waals surface area contributed by atoms with Crippen LogP contribution >= 0.6 is 11.8 Å². The minimum atomic E-state index is -0.358. The molecule has 2 aromatic carbocycles. The van der Waals surface area contributed by atoms with Crippen molar-refractivity contribution in [1.82, 2.24) is 14.9 Å². The fourth-order valence-electron chi connectivity index (χ4n) is 4.28. The minimum Gasteiger partial charge on any atom is -0.497 e. The van der Waals surface area contributed by atoms with Gasteiger partial charge in [0, 0.05) is 6.54 Å². The number of nitrogens with one attached hydrogen (secondary N) is 1. The van der Waals surface area contributed by atoms with Crippen LogP contribution in [0.1, 0.15) is 44.6 Å². The SMILES string of the molecule is COc1ccc(Cn2c(SC(C)C(=O)NCC3CCCCC3)nc3ccccc3c2=O)cc1. The highest BCUT2D eigenvalue weighted by atomic mass is 32.2. The van der Waals surface area contributed by atoms with Gasteiger partial charge in [0.1, 0.15) is 5.75 Å². The molecule has 4 rings (SSSR count). The van der Waals surface area contributed by atoms with E-state index in [4.69, 9.17) is 9.72 Å². The molecule has 1 aliphatic carbocycles. The van der Waals surface area contributed by atoms with Crippen LogP contribution in [0.4, 0.5) is 0 Å². The molecule has 1 N–H and O–H groups in total. The van der Waals surface area contributed by atoms with Crippen molar-refractivity contribution in [2.45, 2.75) is 56.0 Å². The van der Waals surface area contributed by atoms with E-state index in [1.807, 2.05) is 49.4 Å². The van der Waals surface area contributed by atoms with Gasteiger partial charge in [0.2, 0.25) is 5.91 Å². The lowest BCUT2D eigenvalue weighted by Gasteiger charge is -2.22. The van der Waals surface area contributed by atoms with Gasteiger partial charge in [-0.15, -0.1) is 0 Å². The molecule has 1 unspecified atom stereocenters. The molecule has 6 nitrogen and oxygen atoms in total. The number of amides is 1. The average molecular weight is 466 g/mol. The molecule has 7 heteroatoms. The Morgan fingerprint density at radius 3 is 2.61 bits per heavy atom. The molecule has 1 aliphatic rings. The van der Waals surface area contributed by atoms with Gasteiger partial charge in [0.05, 0.1) is 29.8 Å². The Bertz CT molecular complexity index is 1150. The van der Waals surface area contributed by atoms with Gasteiger partial charge in [-0.3, -0.25) is 14.2 Å². The standard InChI is InChI=1S/C26H31N3O3S/c1-18(24(30)27-16-19-8-4-3-5-9-19)33-26-28-23-11-7-6-10-22(23)25(31)29(26)17-20-12-14-21(32-2)15-13-20/h6-7,10-15,18-19H,3-5,8-9,16-17H2,1-2H3,(H,27,30). The van der Waals surface area contributed by atoms with E-state index >= 15 is 0 Å². The van der Waals surface area contributed by atoms with Gasteiger partial charge in [-0.25, -0.2) is 4.98 Å². The van der Waals surface area contributed by atoms with Crippen LogP contribution in [0.15, 0.2) is 58.5 Å². The van der Waals surface area contributed by atoms with E-state index in [1.165, 1.54) is 43.9 Å². The molecular weight excluding hydrogens is 434 g/mol. The topological polar surface area (TPSA) is 73.2 Å². The first-order valence-corrected chi connectivity index (χ1v) is 12.5. The smallest absolute Gasteiger partial charge is 0.262 e. The molecule has 1 heterocycles. The Morgan fingerprint density at radius 1 is 1.15 bits per heavy atom. The second-order valence-electron chi connectivity index (χ2n) is 8.66. The second-order valence-corrected chi connectivity index (χ2v) is 9.97. The lowest BCUT2D eigenvalue weighted by Crippen LogP contribution is -2.36. The number of ether oxygens (including phenoxy) is 1. The third-order valence-corrected chi connectivity index (χ3v) is 7.36. The zero-order valence-corrected chi connectivity index (χ0v) is 20.1. The lowest BCUT2D eigenvalue weighted by atomic mass is 9.89. The third-order valence-electron chi connectivity index (χ3n) is 6.27. The summed E-state index contributed by atoms with van der Waals surface area (Å²) < 4.78 is 6.91. The fourth-order valence-corrected chi connectivity index (χ4v) is 5.21. The lowest BCUT2D eigenvalue weighted by molar-refractivity contribution is -0.120. The summed E-state index contributed by atoms with van der Waals surface area (Å²) in [5, 5.41) is 3.88. The van der Waals surface area contributed by atoms with Crippen LogP contribution in [-0.2, 0) is 11.3 Å². The normalized spacial score (nSPS) is 15.3. The van der Waals surface area contributed by atoms with Gasteiger partial charge in [0.25, 0.3) is 5.56 Å². The predicted octanol–water partition coefficient (Wildman–Crippen LogP) is 4.63. The molecule has 0 spiro atoms. The number of hydrogen-bond acceptors (Lipinski definition) is 5. The number of para-hydroxylation sites is 1. The monoisotopic (exact) mass is 465 g/mol. The van der Waals surface area contributed by atoms with E-state index in [0.717, 1.165) is 17.9 Å². The fraction of sp³-hybridized carbons (Fsp3) is 0.423. The summed E-state index contributed by atoms with van der Waals surface area (Å²) in [4.78, 5) is 30.9. The Labute approximate surface area is 198 Å². The number of methoxy groups -OCH3 is 1. The summed E-state index contributed by atoms with van der Waals surface area (Å²) in [7, 11) is 1.63. The quantitative estimate of drug-likeness (QED) is 0.388. The van der Waals surface area contributed by atoms with Crippen molar-refractivity contribution in [3.8, 4) is 5.75 Å². The van der Waals surface area contributed by atoms with E-state index in [9.17, 15) is 9.59 Å². The molecule has 0 aliphatic heterocycles. The van der Waals surface area contributed by atoms with Gasteiger partial charge in [-0.05, 0) is 55.5 Å². The molecule has 33 heavy (non-hydrogen) atoms. The number of rotatable bonds is 8. The number of carbonyl (C=O) groups is 1. The van der Waals surface area contributed by atoms with E-state index < -0.39 is 0 Å². The van der Waals surface area contributed by atoms with Crippen molar-refractivity contribution in [2.75, 3.05) is 13.7 Å². The first-order valence-electron chi connectivity index (χ1n) is 11.6. The molecule has 1 atom stereocenters. The maximum atomic E-state index is 13.3. The van der Waals surface area contributed by atoms with Crippen LogP contribution < -0.4 is 15.6 Å². The summed E-state index contributed by atoms with van der Waals surface area (Å²) in [6, 6.07) is 15.0. The van der Waals surface area contributed by atoms with E-state index in [-0.39, 0.29) is 16.7 Å². The summed E-state index contributed by atoms with van der Waals surface area (Å²) in [6.07, 6.45) is 6.19. The molecule has 0 radical (unpaired) electrons. The van der Waals surface area contributed by atoms with Crippen molar-refractivity contribution in [2.24, 2.45) is 5.92 Å². The molecule has 1 amide bonds. The molecule has 1 aromatic heterocycles. The number of thioether (sulfide) groups is 1. The predicted molar refractivity (Wildman–Crippen MR) is 133 cm³/mol. The summed E-state index contributed by atoms with van der Waals surface area (Å²) in [5.41, 5.74) is 1.51. The number of hydrogen-bond donors (Lipinski definition) is 1. The highest BCUT2D eigenvalue weighted by Gasteiger charge is 2.21. The first kappa shape index (κ1) is 23.4. The third kappa shape index (κ3) is 5.77. The molecule has 0 saturated heterocycles. The van der Waals surface area contributed by atoms with Gasteiger partial charge in [-0.2, -0.15) is 0 Å². The maximum Gasteiger partial charge on any atom is 0.262 e. The first-order chi connectivity index (χ1) is 16.0. The number of fused-ring (bicyclic) bond motifs is 1. The van der Waals surface area contributed by atoms with Crippen molar-refractivity contribution >= 4 is 28.6 Å². The Morgan fingerprint density at radius 2 is 1.88 bits per heavy atom. The number of aromatic nitrogens is 2. The molecule has 0 bridgehead atoms. The van der Waals surface area contributed by atoms with Crippen LogP contribution in [0, 0.1) is 5.92 Å². The highest BCUT2D eigenvalue weighted by Crippen LogP contribution is 2.25. The Balaban J connectivity index is 1.56. The molecule has 3 aromatic rings. The number of benzene rings is 2. The van der Waals surface area contributed by atoms with Crippen LogP contribution in [-0.4, -0.2) is 34.4 Å². The number of carbonyl (C=O) groups excluding carboxylic acids is 1. The van der Waals surface area contributed by atoms with Crippen LogP contribution in [0.25, 0.3) is 10.9 Å². The molecule has 1 fully saturated rings. The van der Waals surface area contributed by atoms with Crippen LogP contribution in [0.3, 0.4) is 0 Å². The average Bonchev–Trinajstić information content (AvgIpc) is 2.86. The largest absolute Gasteiger partial charge is 0.497 e. The molecule has 174 valence electrons. The summed E-state index contributed by atoms with van der Waals surface area (Å²) in [6.45, 7) is 2.98. The van der Waals surface area contributed by atoms with E-state index in [2.05, 4.69) is 5.32 Å². The minimum absolute atomic E-state index is 0.0102. The van der Waals surface area contributed by atoms with Crippen LogP contribution in [0.2, 0.25) is 0 Å². The van der Waals surface area contributed by atoms with Crippen molar-refractivity contribution in [3.63, 3.8) is 0 Å². The van der Waals surface area contributed by atoms with Crippen LogP contribution in [0.5, 0.6) is 5.75 Å². The highest BCUT2D eigenvalue weighted by molar-refractivity contribution is 8.00. The van der Waals surface area contributed by atoms with E-state index in [0.29, 0.717) is 28.5 Å². The zero-order valence-electron chi connectivity index (χ0n) is 19.3. The summed E-state index contributed by atoms with van der Waals surface area (Å²) in [5.74, 6) is 1.33. The molecular formula is C26H31N3O3S. The maximum absolute atomic E-state index is 13.3. The number of nitrogens with zero attached hydrogens (tertiary/aromatic N) is 2. The van der Waals surface area contributed by atoms with Crippen molar-refractivity contribution < 1.29 is 9.53 Å². The van der Waals surface area contributed by atoms with Gasteiger partial charge in [0.15, 0.2) is 5.16 Å². The Kier molecular flexibility index (Phi) is 7.70. The van der Waals surface area contributed by atoms with Gasteiger partial charge < -0.3 is 10.1 Å². The van der Waals surface area contributed by atoms with Crippen molar-refractivity contribution in [1.29, 1.82) is 0 Å². The zero-order chi connectivity index (χ0) is 23.2. The molecule has 1 saturated carbocycles. The summed E-state index contributed by atoms with van der Waals surface area (Å²) >= 11 is 1.34. The Hall–Kier alpha value is -2.80. The van der Waals surface area contributed by atoms with E-state index in [1.54, 1.807) is 17.7 Å². The van der Waals surface area contributed by atoms with Gasteiger partial charge in [-0.1, -0.05) is 55.3 Å². The second kappa shape index (κ2) is 10.9. The van der Waals surface area contributed by atoms with Crippen molar-refractivity contribution in [3.05, 3.63) is 64.4 Å². The van der Waals surface area contributed by atoms with Gasteiger partial charge >= 0.3 is 0 Å².